The molecule has 6 heteroatoms. The zero-order valence-corrected chi connectivity index (χ0v) is 14.2. The average Bonchev–Trinajstić information content (AvgIpc) is 3.16. The lowest BCUT2D eigenvalue weighted by atomic mass is 10.2. The Balaban J connectivity index is 1.62. The van der Waals surface area contributed by atoms with Gasteiger partial charge in [-0.25, -0.2) is 4.98 Å². The van der Waals surface area contributed by atoms with Crippen molar-refractivity contribution in [3.05, 3.63) is 40.4 Å². The van der Waals surface area contributed by atoms with Gasteiger partial charge in [0.25, 0.3) is 5.91 Å². The molecule has 0 unspecified atom stereocenters. The molecule has 1 aromatic heterocycles. The highest BCUT2D eigenvalue weighted by atomic mass is 32.1. The maximum absolute atomic E-state index is 12.2. The smallest absolute Gasteiger partial charge is 0.257 e. The largest absolute Gasteiger partial charge is 0.326 e. The number of carbonyl (C=O) groups excluding carboxylic acids is 2. The summed E-state index contributed by atoms with van der Waals surface area (Å²) in [5.74, 6) is 0.468. The Kier molecular flexibility index (Phi) is 4.17. The van der Waals surface area contributed by atoms with Crippen molar-refractivity contribution >= 4 is 34.0 Å². The fourth-order valence-electron chi connectivity index (χ4n) is 2.32. The van der Waals surface area contributed by atoms with Gasteiger partial charge in [0.15, 0.2) is 5.13 Å². The van der Waals surface area contributed by atoms with Crippen molar-refractivity contribution in [2.24, 2.45) is 11.8 Å². The number of aryl methyl sites for hydroxylation is 2. The predicted molar refractivity (Wildman–Crippen MR) is 91.9 cm³/mol. The lowest BCUT2D eigenvalue weighted by Gasteiger charge is -2.06. The third kappa shape index (κ3) is 3.59. The summed E-state index contributed by atoms with van der Waals surface area (Å²) in [5, 5.41) is 6.28. The number of nitrogens with one attached hydrogen (secondary N) is 2. The van der Waals surface area contributed by atoms with Gasteiger partial charge in [0, 0.05) is 22.0 Å². The highest BCUT2D eigenvalue weighted by Gasteiger charge is 2.39. The SMILES string of the molecule is Cc1nc(NC(=O)c2ccc(NC(=O)[C@H]3C[C@@H]3C)cc2)sc1C. The van der Waals surface area contributed by atoms with Crippen LogP contribution in [0.5, 0.6) is 0 Å². The normalized spacial score (nSPS) is 19.3. The number of hydrogen-bond donors (Lipinski definition) is 2. The van der Waals surface area contributed by atoms with Gasteiger partial charge in [-0.05, 0) is 50.5 Å². The highest BCUT2D eigenvalue weighted by molar-refractivity contribution is 7.15. The fourth-order valence-corrected chi connectivity index (χ4v) is 3.13. The van der Waals surface area contributed by atoms with Crippen molar-refractivity contribution in [1.82, 2.24) is 4.98 Å². The molecule has 1 aliphatic carbocycles. The molecule has 23 heavy (non-hydrogen) atoms. The first-order valence-corrected chi connectivity index (χ1v) is 8.42. The van der Waals surface area contributed by atoms with Crippen molar-refractivity contribution < 1.29 is 9.59 Å². The molecule has 5 nitrogen and oxygen atoms in total. The molecule has 2 amide bonds. The monoisotopic (exact) mass is 329 g/mol. The average molecular weight is 329 g/mol. The van der Waals surface area contributed by atoms with E-state index in [4.69, 9.17) is 0 Å². The fraction of sp³-hybridized carbons (Fsp3) is 0.353. The first kappa shape index (κ1) is 15.7. The summed E-state index contributed by atoms with van der Waals surface area (Å²) in [5.41, 5.74) is 2.18. The summed E-state index contributed by atoms with van der Waals surface area (Å²) in [6.07, 6.45) is 0.957. The maximum atomic E-state index is 12.2. The lowest BCUT2D eigenvalue weighted by molar-refractivity contribution is -0.117. The zero-order valence-electron chi connectivity index (χ0n) is 13.3. The van der Waals surface area contributed by atoms with Crippen LogP contribution in [0.25, 0.3) is 0 Å². The van der Waals surface area contributed by atoms with Crippen LogP contribution >= 0.6 is 11.3 Å². The van der Waals surface area contributed by atoms with Crippen molar-refractivity contribution in [3.63, 3.8) is 0 Å². The molecule has 0 aliphatic heterocycles. The molecule has 0 radical (unpaired) electrons. The van der Waals surface area contributed by atoms with E-state index in [2.05, 4.69) is 22.5 Å². The minimum Gasteiger partial charge on any atom is -0.326 e. The third-order valence-electron chi connectivity index (χ3n) is 4.11. The van der Waals surface area contributed by atoms with Crippen molar-refractivity contribution in [1.29, 1.82) is 0 Å². The van der Waals surface area contributed by atoms with Gasteiger partial charge in [0.2, 0.25) is 5.91 Å². The number of aromatic nitrogens is 1. The number of anilines is 2. The quantitative estimate of drug-likeness (QED) is 0.900. The van der Waals surface area contributed by atoms with Crippen LogP contribution < -0.4 is 10.6 Å². The number of nitrogens with zero attached hydrogens (tertiary/aromatic N) is 1. The van der Waals surface area contributed by atoms with E-state index < -0.39 is 0 Å². The summed E-state index contributed by atoms with van der Waals surface area (Å²) in [7, 11) is 0. The van der Waals surface area contributed by atoms with E-state index in [0.29, 0.717) is 22.3 Å². The molecule has 2 N–H and O–H groups in total. The van der Waals surface area contributed by atoms with Gasteiger partial charge >= 0.3 is 0 Å². The molecule has 1 heterocycles. The second-order valence-corrected chi connectivity index (χ2v) is 7.20. The minimum absolute atomic E-state index is 0.0587. The number of amides is 2. The summed E-state index contributed by atoms with van der Waals surface area (Å²) < 4.78 is 0. The lowest BCUT2D eigenvalue weighted by Crippen LogP contribution is -2.15. The Labute approximate surface area is 139 Å². The first-order valence-electron chi connectivity index (χ1n) is 7.60. The molecular weight excluding hydrogens is 310 g/mol. The molecule has 1 fully saturated rings. The molecule has 1 saturated carbocycles. The van der Waals surface area contributed by atoms with Gasteiger partial charge in [-0.2, -0.15) is 0 Å². The second kappa shape index (κ2) is 6.12. The van der Waals surface area contributed by atoms with Crippen molar-refractivity contribution in [2.45, 2.75) is 27.2 Å². The minimum atomic E-state index is -0.201. The third-order valence-corrected chi connectivity index (χ3v) is 5.10. The molecule has 2 atom stereocenters. The molecule has 0 bridgehead atoms. The molecule has 0 saturated heterocycles. The van der Waals surface area contributed by atoms with Gasteiger partial charge in [-0.15, -0.1) is 11.3 Å². The first-order chi connectivity index (χ1) is 10.9. The molecule has 2 aromatic rings. The molecule has 3 rings (SSSR count). The van der Waals surface area contributed by atoms with E-state index in [1.165, 1.54) is 11.3 Å². The standard InChI is InChI=1S/C17H19N3O2S/c1-9-8-14(9)16(22)19-13-6-4-12(5-7-13)15(21)20-17-18-10(2)11(3)23-17/h4-7,9,14H,8H2,1-3H3,(H,19,22)(H,18,20,21)/t9-,14-/m0/s1. The highest BCUT2D eigenvalue weighted by Crippen LogP contribution is 2.38. The Morgan fingerprint density at radius 1 is 1.17 bits per heavy atom. The van der Waals surface area contributed by atoms with Gasteiger partial charge in [-0.3, -0.25) is 14.9 Å². The topological polar surface area (TPSA) is 71.1 Å². The van der Waals surface area contributed by atoms with E-state index in [0.717, 1.165) is 17.0 Å². The molecule has 1 aliphatic rings. The van der Waals surface area contributed by atoms with Gasteiger partial charge < -0.3 is 5.32 Å². The van der Waals surface area contributed by atoms with Crippen LogP contribution in [0.1, 0.15) is 34.3 Å². The maximum Gasteiger partial charge on any atom is 0.257 e. The number of rotatable bonds is 4. The summed E-state index contributed by atoms with van der Waals surface area (Å²) in [4.78, 5) is 29.5. The van der Waals surface area contributed by atoms with Crippen LogP contribution in [0.3, 0.4) is 0 Å². The van der Waals surface area contributed by atoms with Gasteiger partial charge in [-0.1, -0.05) is 6.92 Å². The Hall–Kier alpha value is -2.21. The zero-order chi connectivity index (χ0) is 16.6. The van der Waals surface area contributed by atoms with Crippen molar-refractivity contribution in [2.75, 3.05) is 10.6 Å². The number of benzene rings is 1. The van der Waals surface area contributed by atoms with Crippen LogP contribution in [0.15, 0.2) is 24.3 Å². The van der Waals surface area contributed by atoms with Gasteiger partial charge in [0.1, 0.15) is 0 Å². The Bertz CT molecular complexity index is 732. The van der Waals surface area contributed by atoms with E-state index in [-0.39, 0.29) is 17.7 Å². The molecular formula is C17H19N3O2S. The summed E-state index contributed by atoms with van der Waals surface area (Å²) in [6, 6.07) is 6.90. The molecule has 120 valence electrons. The van der Waals surface area contributed by atoms with Crippen LogP contribution in [0.2, 0.25) is 0 Å². The van der Waals surface area contributed by atoms with Gasteiger partial charge in [0.05, 0.1) is 5.69 Å². The Morgan fingerprint density at radius 3 is 2.35 bits per heavy atom. The van der Waals surface area contributed by atoms with E-state index in [9.17, 15) is 9.59 Å². The van der Waals surface area contributed by atoms with Crippen LogP contribution in [0, 0.1) is 25.7 Å². The van der Waals surface area contributed by atoms with E-state index >= 15 is 0 Å². The molecule has 0 spiro atoms. The number of carbonyl (C=O) groups is 2. The van der Waals surface area contributed by atoms with Crippen LogP contribution in [-0.4, -0.2) is 16.8 Å². The summed E-state index contributed by atoms with van der Waals surface area (Å²) in [6.45, 7) is 5.96. The predicted octanol–water partition coefficient (Wildman–Crippen LogP) is 3.61. The number of hydrogen-bond acceptors (Lipinski definition) is 4. The van der Waals surface area contributed by atoms with E-state index in [1.54, 1.807) is 24.3 Å². The van der Waals surface area contributed by atoms with E-state index in [1.807, 2.05) is 13.8 Å². The number of thiazole rings is 1. The Morgan fingerprint density at radius 2 is 1.83 bits per heavy atom. The summed E-state index contributed by atoms with van der Waals surface area (Å²) >= 11 is 1.46. The molecule has 1 aromatic carbocycles. The van der Waals surface area contributed by atoms with Crippen LogP contribution in [-0.2, 0) is 4.79 Å². The second-order valence-electron chi connectivity index (χ2n) is 6.00. The van der Waals surface area contributed by atoms with Crippen molar-refractivity contribution in [3.8, 4) is 0 Å². The van der Waals surface area contributed by atoms with Crippen LogP contribution in [0.4, 0.5) is 10.8 Å².